The third-order valence-electron chi connectivity index (χ3n) is 14.1. The van der Waals surface area contributed by atoms with Crippen LogP contribution >= 0.6 is 0 Å². The maximum atomic E-state index is 2.57. The smallest absolute Gasteiger partial charge is 0.0543 e. The highest BCUT2D eigenvalue weighted by Crippen LogP contribution is 2.57. The summed E-state index contributed by atoms with van der Waals surface area (Å²) in [6.07, 6.45) is 2.34. The maximum absolute atomic E-state index is 2.57. The molecule has 1 nitrogen and oxygen atoms in total. The molecular weight excluding hydrogens is 687 g/mol. The van der Waals surface area contributed by atoms with Crippen molar-refractivity contribution in [2.75, 3.05) is 4.90 Å². The lowest BCUT2D eigenvalue weighted by atomic mass is 9.61. The zero-order chi connectivity index (χ0) is 39.5. The van der Waals surface area contributed by atoms with Crippen molar-refractivity contribution in [3.63, 3.8) is 0 Å². The molecule has 0 saturated heterocycles. The van der Waals surface area contributed by atoms with Crippen LogP contribution in [0.4, 0.5) is 17.1 Å². The molecule has 0 aromatic heterocycles. The van der Waals surface area contributed by atoms with Gasteiger partial charge in [-0.2, -0.15) is 0 Å². The largest absolute Gasteiger partial charge is 0.310 e. The molecule has 1 heteroatoms. The molecule has 0 unspecified atom stereocenters. The third-order valence-corrected chi connectivity index (χ3v) is 14.1. The molecule has 282 valence electrons. The predicted molar refractivity (Wildman–Crippen MR) is 242 cm³/mol. The molecule has 10 rings (SSSR count). The first-order valence-corrected chi connectivity index (χ1v) is 20.9. The molecule has 0 N–H and O–H groups in total. The van der Waals surface area contributed by atoms with Crippen LogP contribution in [0.5, 0.6) is 0 Å². The minimum absolute atomic E-state index is 0.0282. The molecule has 0 radical (unpaired) electrons. The molecule has 0 aliphatic heterocycles. The summed E-state index contributed by atoms with van der Waals surface area (Å²) in [5, 5.41) is 0. The van der Waals surface area contributed by atoms with E-state index in [-0.39, 0.29) is 21.7 Å². The van der Waals surface area contributed by atoms with Crippen LogP contribution in [0.3, 0.4) is 0 Å². The van der Waals surface area contributed by atoms with Crippen LogP contribution in [0.2, 0.25) is 0 Å². The highest BCUT2D eigenvalue weighted by Gasteiger charge is 2.42. The molecule has 7 aromatic carbocycles. The number of benzene rings is 7. The molecule has 0 bridgehead atoms. The van der Waals surface area contributed by atoms with E-state index in [4.69, 9.17) is 0 Å². The quantitative estimate of drug-likeness (QED) is 0.170. The fraction of sp³-hybridized carbons (Fsp3) is 0.250. The molecule has 3 aliphatic carbocycles. The van der Waals surface area contributed by atoms with Gasteiger partial charge in [-0.3, -0.25) is 0 Å². The SMILES string of the molecule is CC1(C)CCC(C)(C)c2c(-c3cc4c(cc3N(c3ccc(-c5ccccc5)cc3)c3ccc5c(c3)C(C)(C)c3ccccc3-5)C(C)(C)c3ccccc3-4)cccc21. The summed E-state index contributed by atoms with van der Waals surface area (Å²) in [7, 11) is 0. The topological polar surface area (TPSA) is 3.24 Å². The first-order valence-electron chi connectivity index (χ1n) is 20.9. The lowest BCUT2D eigenvalue weighted by Gasteiger charge is -2.43. The van der Waals surface area contributed by atoms with E-state index in [9.17, 15) is 0 Å². The van der Waals surface area contributed by atoms with Crippen LogP contribution in [-0.4, -0.2) is 0 Å². The molecular formula is C56H53N. The number of anilines is 3. The summed E-state index contributed by atoms with van der Waals surface area (Å²) < 4.78 is 0. The predicted octanol–water partition coefficient (Wildman–Crippen LogP) is 15.5. The Balaban J connectivity index is 1.28. The molecule has 0 saturated carbocycles. The van der Waals surface area contributed by atoms with Crippen LogP contribution in [0, 0.1) is 0 Å². The Morgan fingerprint density at radius 3 is 1.54 bits per heavy atom. The van der Waals surface area contributed by atoms with Gasteiger partial charge >= 0.3 is 0 Å². The minimum Gasteiger partial charge on any atom is -0.310 e. The monoisotopic (exact) mass is 739 g/mol. The van der Waals surface area contributed by atoms with Gasteiger partial charge in [0, 0.05) is 27.8 Å². The summed E-state index contributed by atoms with van der Waals surface area (Å²) in [5.74, 6) is 0. The van der Waals surface area contributed by atoms with Crippen molar-refractivity contribution in [2.45, 2.75) is 89.9 Å². The van der Waals surface area contributed by atoms with Gasteiger partial charge in [-0.05, 0) is 132 Å². The van der Waals surface area contributed by atoms with Gasteiger partial charge in [-0.15, -0.1) is 0 Å². The van der Waals surface area contributed by atoms with Gasteiger partial charge in [0.05, 0.1) is 5.69 Å². The van der Waals surface area contributed by atoms with Crippen LogP contribution in [0.1, 0.15) is 102 Å². The van der Waals surface area contributed by atoms with Crippen LogP contribution in [0.15, 0.2) is 152 Å². The lowest BCUT2D eigenvalue weighted by molar-refractivity contribution is 0.333. The number of hydrogen-bond acceptors (Lipinski definition) is 1. The summed E-state index contributed by atoms with van der Waals surface area (Å²) in [6.45, 7) is 19.4. The Kier molecular flexibility index (Phi) is 7.79. The number of rotatable bonds is 5. The molecule has 7 aromatic rings. The Hall–Kier alpha value is -5.66. The molecule has 0 atom stereocenters. The molecule has 0 spiro atoms. The van der Waals surface area contributed by atoms with Crippen molar-refractivity contribution in [3.8, 4) is 44.5 Å². The van der Waals surface area contributed by atoms with Gasteiger partial charge in [0.1, 0.15) is 0 Å². The summed E-state index contributed by atoms with van der Waals surface area (Å²) >= 11 is 0. The Labute approximate surface area is 340 Å². The van der Waals surface area contributed by atoms with Gasteiger partial charge in [-0.25, -0.2) is 0 Å². The van der Waals surface area contributed by atoms with Gasteiger partial charge in [0.25, 0.3) is 0 Å². The number of nitrogens with zero attached hydrogens (tertiary/aromatic N) is 1. The minimum atomic E-state index is -0.152. The van der Waals surface area contributed by atoms with E-state index < -0.39 is 0 Å². The maximum Gasteiger partial charge on any atom is 0.0543 e. The lowest BCUT2D eigenvalue weighted by Crippen LogP contribution is -2.34. The highest BCUT2D eigenvalue weighted by molar-refractivity contribution is 5.97. The van der Waals surface area contributed by atoms with Crippen LogP contribution in [-0.2, 0) is 21.7 Å². The third kappa shape index (κ3) is 5.35. The first kappa shape index (κ1) is 35.7. The second-order valence-corrected chi connectivity index (χ2v) is 19.2. The van der Waals surface area contributed by atoms with E-state index in [0.717, 1.165) is 12.1 Å². The van der Waals surface area contributed by atoms with Crippen molar-refractivity contribution in [3.05, 3.63) is 185 Å². The zero-order valence-electron chi connectivity index (χ0n) is 34.8. The zero-order valence-corrected chi connectivity index (χ0v) is 34.8. The Morgan fingerprint density at radius 1 is 0.351 bits per heavy atom. The molecule has 57 heavy (non-hydrogen) atoms. The van der Waals surface area contributed by atoms with E-state index in [0.29, 0.717) is 0 Å². The summed E-state index contributed by atoms with van der Waals surface area (Å²) in [5.41, 5.74) is 22.4. The normalized spacial score (nSPS) is 17.2. The van der Waals surface area contributed by atoms with Crippen LogP contribution in [0.25, 0.3) is 44.5 Å². The molecule has 0 fully saturated rings. The fourth-order valence-electron chi connectivity index (χ4n) is 10.8. The Morgan fingerprint density at radius 2 is 0.860 bits per heavy atom. The van der Waals surface area contributed by atoms with Crippen molar-refractivity contribution >= 4 is 17.1 Å². The summed E-state index contributed by atoms with van der Waals surface area (Å²) in [4.78, 5) is 2.57. The fourth-order valence-corrected chi connectivity index (χ4v) is 10.8. The van der Waals surface area contributed by atoms with Gasteiger partial charge in [0.2, 0.25) is 0 Å². The average Bonchev–Trinajstić information content (AvgIpc) is 3.59. The number of hydrogen-bond donors (Lipinski definition) is 0. The van der Waals surface area contributed by atoms with E-state index in [1.165, 1.54) is 95.7 Å². The standard InChI is InChI=1S/C56H53N/c1-53(2)31-32-54(3,4)52-43(21-16-24-48(52)53)45-34-44-41-20-13-15-23-47(41)56(7,8)50(44)35-51(45)57(38-27-25-37(26-28-38)36-17-10-9-11-18-36)39-29-30-42-40-19-12-14-22-46(40)55(5,6)49(42)33-39/h9-30,33-35H,31-32H2,1-8H3. The second kappa shape index (κ2) is 12.4. The summed E-state index contributed by atoms with van der Waals surface area (Å²) in [6, 6.07) is 57.6. The van der Waals surface area contributed by atoms with E-state index in [1.54, 1.807) is 0 Å². The first-order chi connectivity index (χ1) is 27.3. The van der Waals surface area contributed by atoms with Crippen molar-refractivity contribution < 1.29 is 0 Å². The van der Waals surface area contributed by atoms with Gasteiger partial charge in [0.15, 0.2) is 0 Å². The average molecular weight is 740 g/mol. The molecule has 0 amide bonds. The van der Waals surface area contributed by atoms with E-state index >= 15 is 0 Å². The van der Waals surface area contributed by atoms with Crippen molar-refractivity contribution in [1.82, 2.24) is 0 Å². The van der Waals surface area contributed by atoms with Gasteiger partial charge < -0.3 is 4.90 Å². The van der Waals surface area contributed by atoms with E-state index in [1.807, 2.05) is 0 Å². The highest BCUT2D eigenvalue weighted by atomic mass is 15.1. The number of fused-ring (bicyclic) bond motifs is 7. The van der Waals surface area contributed by atoms with Gasteiger partial charge in [-0.1, -0.05) is 171 Å². The molecule has 3 aliphatic rings. The second-order valence-electron chi connectivity index (χ2n) is 19.2. The molecule has 0 heterocycles. The van der Waals surface area contributed by atoms with Crippen molar-refractivity contribution in [2.24, 2.45) is 0 Å². The Bertz CT molecular complexity index is 2720. The van der Waals surface area contributed by atoms with Crippen LogP contribution < -0.4 is 4.90 Å². The van der Waals surface area contributed by atoms with Crippen molar-refractivity contribution in [1.29, 1.82) is 0 Å². The van der Waals surface area contributed by atoms with E-state index in [2.05, 4.69) is 212 Å².